The summed E-state index contributed by atoms with van der Waals surface area (Å²) in [5.41, 5.74) is 0.787. The highest BCUT2D eigenvalue weighted by Crippen LogP contribution is 2.28. The predicted octanol–water partition coefficient (Wildman–Crippen LogP) is 3.27. The number of rotatable bonds is 8. The molecule has 21 heavy (non-hydrogen) atoms. The maximum atomic E-state index is 12.6. The molecule has 0 aliphatic heterocycles. The van der Waals surface area contributed by atoms with Crippen LogP contribution in [0.4, 0.5) is 0 Å². The van der Waals surface area contributed by atoms with Crippen LogP contribution in [0.1, 0.15) is 51.5 Å². The van der Waals surface area contributed by atoms with Gasteiger partial charge in [0.05, 0.1) is 0 Å². The van der Waals surface area contributed by atoms with Crippen LogP contribution in [-0.4, -0.2) is 21.0 Å². The van der Waals surface area contributed by atoms with Crippen molar-refractivity contribution < 1.29 is 8.42 Å². The van der Waals surface area contributed by atoms with Crippen LogP contribution < -0.4 is 10.0 Å². The summed E-state index contributed by atoms with van der Waals surface area (Å²) in [6.45, 7) is 13.2. The predicted molar refractivity (Wildman–Crippen MR) is 90.3 cm³/mol. The maximum Gasteiger partial charge on any atom is 0.242 e. The Morgan fingerprint density at radius 3 is 2.48 bits per heavy atom. The zero-order valence-electron chi connectivity index (χ0n) is 13.9. The van der Waals surface area contributed by atoms with Gasteiger partial charge in [-0.1, -0.05) is 34.6 Å². The minimum Gasteiger partial charge on any atom is -0.310 e. The zero-order valence-corrected chi connectivity index (χ0v) is 15.5. The molecule has 1 heterocycles. The molecule has 2 N–H and O–H groups in total. The molecule has 0 saturated heterocycles. The van der Waals surface area contributed by atoms with Crippen molar-refractivity contribution in [2.45, 2.75) is 65.4 Å². The van der Waals surface area contributed by atoms with E-state index in [-0.39, 0.29) is 5.41 Å². The summed E-state index contributed by atoms with van der Waals surface area (Å²) in [5.74, 6) is 0. The second kappa shape index (κ2) is 7.22. The van der Waals surface area contributed by atoms with E-state index < -0.39 is 10.0 Å². The van der Waals surface area contributed by atoms with Gasteiger partial charge in [0.15, 0.2) is 0 Å². The maximum absolute atomic E-state index is 12.6. The molecule has 0 atom stereocenters. The molecule has 0 aliphatic rings. The fourth-order valence-corrected chi connectivity index (χ4v) is 4.75. The topological polar surface area (TPSA) is 58.2 Å². The number of hydrogen-bond acceptors (Lipinski definition) is 4. The minimum absolute atomic E-state index is 0.0344. The monoisotopic (exact) mass is 332 g/mol. The lowest BCUT2D eigenvalue weighted by Gasteiger charge is -2.23. The third-order valence-corrected chi connectivity index (χ3v) is 6.49. The third-order valence-electron chi connectivity index (χ3n) is 3.63. The SMILES string of the molecule is CCC(C)(C)CNS(=O)(=O)c1c(C)csc1CNC(C)C. The van der Waals surface area contributed by atoms with Gasteiger partial charge in [-0.15, -0.1) is 11.3 Å². The highest BCUT2D eigenvalue weighted by molar-refractivity contribution is 7.89. The van der Waals surface area contributed by atoms with Crippen LogP contribution in [0, 0.1) is 12.3 Å². The third kappa shape index (κ3) is 5.36. The van der Waals surface area contributed by atoms with Crippen molar-refractivity contribution in [3.8, 4) is 0 Å². The summed E-state index contributed by atoms with van der Waals surface area (Å²) < 4.78 is 28.0. The van der Waals surface area contributed by atoms with Crippen LogP contribution >= 0.6 is 11.3 Å². The van der Waals surface area contributed by atoms with Gasteiger partial charge in [-0.05, 0) is 29.7 Å². The Morgan fingerprint density at radius 1 is 1.33 bits per heavy atom. The summed E-state index contributed by atoms with van der Waals surface area (Å²) in [4.78, 5) is 1.33. The molecule has 0 spiro atoms. The Balaban J connectivity index is 2.95. The summed E-state index contributed by atoms with van der Waals surface area (Å²) in [6.07, 6.45) is 0.930. The summed E-state index contributed by atoms with van der Waals surface area (Å²) >= 11 is 1.50. The van der Waals surface area contributed by atoms with Crippen molar-refractivity contribution in [2.75, 3.05) is 6.54 Å². The minimum atomic E-state index is -3.45. The molecule has 0 bridgehead atoms. The first-order valence-electron chi connectivity index (χ1n) is 7.39. The largest absolute Gasteiger partial charge is 0.310 e. The lowest BCUT2D eigenvalue weighted by atomic mass is 9.91. The van der Waals surface area contributed by atoms with Crippen LogP contribution in [-0.2, 0) is 16.6 Å². The Bertz CT molecular complexity index is 560. The van der Waals surface area contributed by atoms with Crippen molar-refractivity contribution in [3.63, 3.8) is 0 Å². The summed E-state index contributed by atoms with van der Waals surface area (Å²) in [6, 6.07) is 0.329. The van der Waals surface area contributed by atoms with E-state index in [1.165, 1.54) is 11.3 Å². The van der Waals surface area contributed by atoms with Crippen LogP contribution in [0.15, 0.2) is 10.3 Å². The molecule has 0 amide bonds. The Hall–Kier alpha value is -0.430. The standard InChI is InChI=1S/C15H28N2O2S2/c1-7-15(5,6)10-17-21(18,19)14-12(4)9-20-13(14)8-16-11(2)3/h9,11,16-17H,7-8,10H2,1-6H3. The van der Waals surface area contributed by atoms with E-state index >= 15 is 0 Å². The smallest absolute Gasteiger partial charge is 0.242 e. The number of nitrogens with one attached hydrogen (secondary N) is 2. The number of hydrogen-bond donors (Lipinski definition) is 2. The average Bonchev–Trinajstić information content (AvgIpc) is 2.76. The molecule has 0 saturated carbocycles. The van der Waals surface area contributed by atoms with Crippen LogP contribution in [0.3, 0.4) is 0 Å². The van der Waals surface area contributed by atoms with E-state index in [4.69, 9.17) is 0 Å². The van der Waals surface area contributed by atoms with Gasteiger partial charge >= 0.3 is 0 Å². The number of sulfonamides is 1. The lowest BCUT2D eigenvalue weighted by Crippen LogP contribution is -2.34. The zero-order chi connectivity index (χ0) is 16.3. The normalized spacial score (nSPS) is 13.1. The van der Waals surface area contributed by atoms with Crippen molar-refractivity contribution >= 4 is 21.4 Å². The van der Waals surface area contributed by atoms with E-state index in [0.29, 0.717) is 24.0 Å². The Morgan fingerprint density at radius 2 is 1.95 bits per heavy atom. The second-order valence-corrected chi connectivity index (χ2v) is 9.22. The Labute approximate surface area is 133 Å². The van der Waals surface area contributed by atoms with Gasteiger partial charge in [-0.25, -0.2) is 13.1 Å². The van der Waals surface area contributed by atoms with Gasteiger partial charge in [0.25, 0.3) is 0 Å². The van der Waals surface area contributed by atoms with E-state index in [1.807, 2.05) is 12.3 Å². The van der Waals surface area contributed by atoms with Gasteiger partial charge in [0, 0.05) is 24.0 Å². The molecule has 4 nitrogen and oxygen atoms in total. The van der Waals surface area contributed by atoms with Crippen molar-refractivity contribution in [3.05, 3.63) is 15.8 Å². The average molecular weight is 333 g/mol. The van der Waals surface area contributed by atoms with Gasteiger partial charge in [-0.3, -0.25) is 0 Å². The molecule has 0 aliphatic carbocycles. The molecule has 6 heteroatoms. The van der Waals surface area contributed by atoms with Crippen molar-refractivity contribution in [2.24, 2.45) is 5.41 Å². The fourth-order valence-electron chi connectivity index (χ4n) is 1.75. The molecular weight excluding hydrogens is 304 g/mol. The molecule has 1 aromatic heterocycles. The van der Waals surface area contributed by atoms with Gasteiger partial charge in [0.1, 0.15) is 4.90 Å². The van der Waals surface area contributed by atoms with Gasteiger partial charge < -0.3 is 5.32 Å². The molecule has 1 rings (SSSR count). The van der Waals surface area contributed by atoms with Gasteiger partial charge in [0.2, 0.25) is 10.0 Å². The summed E-state index contributed by atoms with van der Waals surface area (Å²) in [7, 11) is -3.45. The van der Waals surface area contributed by atoms with Crippen LogP contribution in [0.25, 0.3) is 0 Å². The van der Waals surface area contributed by atoms with E-state index in [2.05, 4.69) is 44.7 Å². The first-order valence-corrected chi connectivity index (χ1v) is 9.75. The molecule has 0 aromatic carbocycles. The number of thiophene rings is 1. The molecule has 0 fully saturated rings. The van der Waals surface area contributed by atoms with E-state index in [1.54, 1.807) is 0 Å². The van der Waals surface area contributed by atoms with Crippen LogP contribution in [0.2, 0.25) is 0 Å². The van der Waals surface area contributed by atoms with Gasteiger partial charge in [-0.2, -0.15) is 0 Å². The number of aryl methyl sites for hydroxylation is 1. The second-order valence-electron chi connectivity index (χ2n) is 6.55. The lowest BCUT2D eigenvalue weighted by molar-refractivity contribution is 0.350. The molecule has 1 aromatic rings. The molecule has 0 unspecified atom stereocenters. The molecule has 122 valence electrons. The molecular formula is C15H28N2O2S2. The molecule has 0 radical (unpaired) electrons. The van der Waals surface area contributed by atoms with Crippen molar-refractivity contribution in [1.29, 1.82) is 0 Å². The Kier molecular flexibility index (Phi) is 6.40. The first kappa shape index (κ1) is 18.6. The first-order chi connectivity index (χ1) is 9.59. The summed E-state index contributed by atoms with van der Waals surface area (Å²) in [5, 5.41) is 5.20. The van der Waals surface area contributed by atoms with Crippen molar-refractivity contribution in [1.82, 2.24) is 10.0 Å². The quantitative estimate of drug-likeness (QED) is 0.768. The van der Waals surface area contributed by atoms with Crippen LogP contribution in [0.5, 0.6) is 0 Å². The van der Waals surface area contributed by atoms with E-state index in [0.717, 1.165) is 16.9 Å². The fraction of sp³-hybridized carbons (Fsp3) is 0.733. The highest BCUT2D eigenvalue weighted by Gasteiger charge is 2.25. The van der Waals surface area contributed by atoms with E-state index in [9.17, 15) is 8.42 Å². The highest BCUT2D eigenvalue weighted by atomic mass is 32.2.